The second-order valence-electron chi connectivity index (χ2n) is 0.101. The van der Waals surface area contributed by atoms with Crippen LogP contribution in [0, 0.1) is 0 Å². The zero-order valence-corrected chi connectivity index (χ0v) is 4.85. The van der Waals surface area contributed by atoms with E-state index in [1.807, 2.05) is 0 Å². The molecule has 0 aromatic carbocycles. The summed E-state index contributed by atoms with van der Waals surface area (Å²) in [5.41, 5.74) is 0. The van der Waals surface area contributed by atoms with Crippen LogP contribution in [0.2, 0.25) is 0 Å². The Bertz CT molecular complexity index is 6.00. The maximum absolute atomic E-state index is 4.76. The molecule has 0 radical (unpaired) electrons. The predicted octanol–water partition coefficient (Wildman–Crippen LogP) is 1.42. The van der Waals surface area contributed by atoms with Crippen LogP contribution in [0.5, 0.6) is 0 Å². The van der Waals surface area contributed by atoms with Crippen molar-refractivity contribution in [2.75, 3.05) is 5.34 Å². The molecule has 0 unspecified atom stereocenters. The van der Waals surface area contributed by atoms with Crippen LogP contribution in [0.3, 0.4) is 0 Å². The second-order valence-corrected chi connectivity index (χ2v) is 0.909. The van der Waals surface area contributed by atoms with E-state index >= 15 is 0 Å². The molecule has 0 spiro atoms. The van der Waals surface area contributed by atoms with Gasteiger partial charge in [0.25, 0.3) is 0 Å². The quantitative estimate of drug-likeness (QED) is 0.401. The van der Waals surface area contributed by atoms with Crippen LogP contribution in [0.1, 0.15) is 0 Å². The van der Waals surface area contributed by atoms with Crippen molar-refractivity contribution in [3.8, 4) is 0 Å². The van der Waals surface area contributed by atoms with Crippen LogP contribution in [0.4, 0.5) is 0 Å². The molecule has 0 aromatic rings. The van der Waals surface area contributed by atoms with E-state index in [2.05, 4.69) is 0 Å². The molecule has 0 aliphatic carbocycles. The van der Waals surface area contributed by atoms with Gasteiger partial charge in [0, 0.05) is 0 Å². The molecular formula is CH2Cl2Pd+2. The third-order valence-electron chi connectivity index (χ3n) is 0. The molecule has 0 fully saturated rings. The first-order valence-corrected chi connectivity index (χ1v) is 1.60. The van der Waals surface area contributed by atoms with E-state index in [-0.39, 0.29) is 25.8 Å². The molecule has 0 nitrogen and oxygen atoms in total. The minimum Gasteiger partial charge on any atom is -0.109 e. The molecule has 0 rings (SSSR count). The fourth-order valence-corrected chi connectivity index (χ4v) is 0. The molecule has 0 aromatic heterocycles. The molecule has 0 bridgehead atoms. The van der Waals surface area contributed by atoms with Crippen molar-refractivity contribution in [1.82, 2.24) is 0 Å². The molecule has 28 valence electrons. The Hall–Kier alpha value is 1.24. The Kier molecular flexibility index (Phi) is 19.9. The fourth-order valence-electron chi connectivity index (χ4n) is 0. The van der Waals surface area contributed by atoms with Gasteiger partial charge in [0.15, 0.2) is 0 Å². The van der Waals surface area contributed by atoms with E-state index in [4.69, 9.17) is 23.2 Å². The Morgan fingerprint density at radius 1 is 1.25 bits per heavy atom. The average Bonchev–Trinajstić information content (AvgIpc) is 0.918. The fraction of sp³-hybridized carbons (Fsp3) is 1.00. The van der Waals surface area contributed by atoms with E-state index in [1.54, 1.807) is 0 Å². The van der Waals surface area contributed by atoms with Crippen molar-refractivity contribution in [2.45, 2.75) is 0 Å². The Morgan fingerprint density at radius 2 is 1.25 bits per heavy atom. The van der Waals surface area contributed by atoms with Gasteiger partial charge < -0.3 is 0 Å². The summed E-state index contributed by atoms with van der Waals surface area (Å²) in [6.45, 7) is 0. The van der Waals surface area contributed by atoms with E-state index < -0.39 is 0 Å². The largest absolute Gasteiger partial charge is 2.00 e. The van der Waals surface area contributed by atoms with Gasteiger partial charge in [-0.15, -0.1) is 23.2 Å². The van der Waals surface area contributed by atoms with Crippen LogP contribution in [0.25, 0.3) is 0 Å². The monoisotopic (exact) mass is 190 g/mol. The SMILES string of the molecule is ClCCl.[Pd+2]. The van der Waals surface area contributed by atoms with Gasteiger partial charge in [-0.3, -0.25) is 0 Å². The van der Waals surface area contributed by atoms with Crippen LogP contribution < -0.4 is 0 Å². The van der Waals surface area contributed by atoms with Crippen LogP contribution in [-0.2, 0) is 20.4 Å². The number of alkyl halides is 2. The van der Waals surface area contributed by atoms with Gasteiger partial charge in [-0.05, 0) is 0 Å². The molecule has 0 aliphatic heterocycles. The summed E-state index contributed by atoms with van der Waals surface area (Å²) < 4.78 is 0. The number of rotatable bonds is 0. The average molecular weight is 191 g/mol. The van der Waals surface area contributed by atoms with Crippen molar-refractivity contribution in [3.63, 3.8) is 0 Å². The molecule has 0 atom stereocenters. The minimum absolute atomic E-state index is 0. The smallest absolute Gasteiger partial charge is 0.109 e. The summed E-state index contributed by atoms with van der Waals surface area (Å²) in [6, 6.07) is 0. The zero-order valence-electron chi connectivity index (χ0n) is 1.78. The molecule has 0 heterocycles. The molecule has 0 saturated carbocycles. The number of hydrogen-bond donors (Lipinski definition) is 0. The summed E-state index contributed by atoms with van der Waals surface area (Å²) in [5, 5.41) is 0.194. The number of hydrogen-bond acceptors (Lipinski definition) is 0. The van der Waals surface area contributed by atoms with E-state index in [1.165, 1.54) is 0 Å². The maximum atomic E-state index is 4.76. The van der Waals surface area contributed by atoms with Gasteiger partial charge in [-0.1, -0.05) is 0 Å². The molecule has 0 saturated heterocycles. The van der Waals surface area contributed by atoms with Crippen molar-refractivity contribution >= 4 is 23.2 Å². The summed E-state index contributed by atoms with van der Waals surface area (Å²) in [5.74, 6) is 0. The van der Waals surface area contributed by atoms with E-state index in [0.717, 1.165) is 0 Å². The molecule has 0 N–H and O–H groups in total. The summed E-state index contributed by atoms with van der Waals surface area (Å²) in [4.78, 5) is 0. The Labute approximate surface area is 49.1 Å². The predicted molar refractivity (Wildman–Crippen MR) is 16.6 cm³/mol. The van der Waals surface area contributed by atoms with Crippen LogP contribution in [0.15, 0.2) is 0 Å². The summed E-state index contributed by atoms with van der Waals surface area (Å²) in [7, 11) is 0. The molecule has 0 amide bonds. The first-order chi connectivity index (χ1) is 1.41. The van der Waals surface area contributed by atoms with Gasteiger partial charge in [-0.2, -0.15) is 0 Å². The van der Waals surface area contributed by atoms with E-state index in [9.17, 15) is 0 Å². The van der Waals surface area contributed by atoms with Gasteiger partial charge in [-0.25, -0.2) is 0 Å². The van der Waals surface area contributed by atoms with Crippen LogP contribution >= 0.6 is 23.2 Å². The van der Waals surface area contributed by atoms with E-state index in [0.29, 0.717) is 0 Å². The summed E-state index contributed by atoms with van der Waals surface area (Å²) in [6.07, 6.45) is 0. The number of halogens is 2. The molecule has 4 heavy (non-hydrogen) atoms. The van der Waals surface area contributed by atoms with Gasteiger partial charge in [0.2, 0.25) is 0 Å². The topological polar surface area (TPSA) is 0 Å². The van der Waals surface area contributed by atoms with Crippen molar-refractivity contribution in [3.05, 3.63) is 0 Å². The normalized spacial score (nSPS) is 4.50. The minimum atomic E-state index is 0. The third-order valence-corrected chi connectivity index (χ3v) is 0. The maximum Gasteiger partial charge on any atom is 2.00 e. The van der Waals surface area contributed by atoms with Crippen molar-refractivity contribution < 1.29 is 20.4 Å². The van der Waals surface area contributed by atoms with Gasteiger partial charge >= 0.3 is 20.4 Å². The van der Waals surface area contributed by atoms with Crippen molar-refractivity contribution in [2.24, 2.45) is 0 Å². The van der Waals surface area contributed by atoms with Gasteiger partial charge in [0.1, 0.15) is 0 Å². The Morgan fingerprint density at radius 3 is 1.25 bits per heavy atom. The Balaban J connectivity index is 0. The first kappa shape index (κ1) is 8.97. The molecule has 0 aliphatic rings. The summed E-state index contributed by atoms with van der Waals surface area (Å²) >= 11 is 9.53. The van der Waals surface area contributed by atoms with Crippen LogP contribution in [-0.4, -0.2) is 5.34 Å². The molecule has 3 heteroatoms. The van der Waals surface area contributed by atoms with Crippen molar-refractivity contribution in [1.29, 1.82) is 0 Å². The third kappa shape index (κ3) is 10.6. The zero-order chi connectivity index (χ0) is 2.71. The molecular weight excluding hydrogens is 189 g/mol. The first-order valence-electron chi connectivity index (χ1n) is 0.535. The van der Waals surface area contributed by atoms with Gasteiger partial charge in [0.05, 0.1) is 5.34 Å². The standard InChI is InChI=1S/CH2Cl2.Pd/c2-1-3;/h1H2;/q;+2. The second kappa shape index (κ2) is 8.87.